The first kappa shape index (κ1) is 26.8. The Bertz CT molecular complexity index is 1150. The van der Waals surface area contributed by atoms with Crippen LogP contribution in [0.25, 0.3) is 11.3 Å². The highest BCUT2D eigenvalue weighted by molar-refractivity contribution is 5.94. The van der Waals surface area contributed by atoms with E-state index in [2.05, 4.69) is 20.5 Å². The summed E-state index contributed by atoms with van der Waals surface area (Å²) >= 11 is 0. The van der Waals surface area contributed by atoms with Gasteiger partial charge < -0.3 is 20.1 Å². The minimum Gasteiger partial charge on any atom is -0.481 e. The van der Waals surface area contributed by atoms with Crippen LogP contribution in [0.15, 0.2) is 18.3 Å². The lowest BCUT2D eigenvalue weighted by atomic mass is 9.81. The molecule has 2 aromatic heterocycles. The van der Waals surface area contributed by atoms with Crippen LogP contribution < -0.4 is 10.1 Å². The maximum absolute atomic E-state index is 14.2. The number of alkyl halides is 3. The lowest BCUT2D eigenvalue weighted by Crippen LogP contribution is -2.53. The number of aromatic amines is 1. The summed E-state index contributed by atoms with van der Waals surface area (Å²) in [5, 5.41) is 19.3. The van der Waals surface area contributed by atoms with E-state index in [4.69, 9.17) is 4.74 Å². The van der Waals surface area contributed by atoms with Crippen LogP contribution >= 0.6 is 0 Å². The Morgan fingerprint density at radius 3 is 2.57 bits per heavy atom. The normalized spacial score (nSPS) is 26.6. The van der Waals surface area contributed by atoms with Gasteiger partial charge in [0.2, 0.25) is 11.8 Å². The molecule has 2 atom stereocenters. The van der Waals surface area contributed by atoms with Gasteiger partial charge in [-0.1, -0.05) is 0 Å². The van der Waals surface area contributed by atoms with E-state index in [9.17, 15) is 32.3 Å². The number of hydrogen-bond donors (Lipinski definition) is 3. The van der Waals surface area contributed by atoms with Crippen LogP contribution in [0.3, 0.4) is 0 Å². The van der Waals surface area contributed by atoms with E-state index in [1.807, 2.05) is 6.92 Å². The van der Waals surface area contributed by atoms with Crippen molar-refractivity contribution < 1.29 is 37.0 Å². The highest BCUT2D eigenvalue weighted by atomic mass is 19.4. The number of likely N-dealkylation sites (tertiary alicyclic amines) is 1. The highest BCUT2D eigenvalue weighted by Crippen LogP contribution is 2.41. The van der Waals surface area contributed by atoms with Crippen LogP contribution in [0.5, 0.6) is 5.88 Å². The number of pyridine rings is 1. The molecule has 1 saturated carbocycles. The number of amides is 2. The van der Waals surface area contributed by atoms with E-state index in [1.165, 1.54) is 19.2 Å². The van der Waals surface area contributed by atoms with Gasteiger partial charge in [-0.15, -0.1) is 0 Å². The second-order valence-electron chi connectivity index (χ2n) is 9.75. The van der Waals surface area contributed by atoms with Gasteiger partial charge in [0.1, 0.15) is 5.69 Å². The van der Waals surface area contributed by atoms with Crippen LogP contribution in [0.4, 0.5) is 17.6 Å². The van der Waals surface area contributed by atoms with Gasteiger partial charge in [0.25, 0.3) is 5.91 Å². The Kier molecular flexibility index (Phi) is 7.45. The summed E-state index contributed by atoms with van der Waals surface area (Å²) in [5.74, 6) is -1.41. The molecule has 0 radical (unpaired) electrons. The predicted molar refractivity (Wildman–Crippen MR) is 123 cm³/mol. The van der Waals surface area contributed by atoms with Crippen LogP contribution in [-0.4, -0.2) is 74.5 Å². The molecule has 1 aliphatic heterocycles. The Labute approximate surface area is 210 Å². The molecular weight excluding hydrogens is 498 g/mol. The van der Waals surface area contributed by atoms with Gasteiger partial charge in [0.15, 0.2) is 11.4 Å². The number of aromatic nitrogens is 3. The summed E-state index contributed by atoms with van der Waals surface area (Å²) in [5.41, 5.74) is -2.19. The minimum atomic E-state index is -4.69. The van der Waals surface area contributed by atoms with Crippen molar-refractivity contribution in [2.45, 2.75) is 69.3 Å². The maximum atomic E-state index is 14.2. The highest BCUT2D eigenvalue weighted by Gasteiger charge is 2.54. The van der Waals surface area contributed by atoms with Crippen LogP contribution in [0.1, 0.15) is 55.9 Å². The second-order valence-corrected chi connectivity index (χ2v) is 9.75. The number of aliphatic hydroxyl groups is 1. The fourth-order valence-corrected chi connectivity index (χ4v) is 5.01. The minimum absolute atomic E-state index is 0.0424. The van der Waals surface area contributed by atoms with Crippen molar-refractivity contribution in [3.05, 3.63) is 29.8 Å². The third-order valence-corrected chi connectivity index (χ3v) is 7.32. The van der Waals surface area contributed by atoms with Gasteiger partial charge in [-0.2, -0.15) is 18.3 Å². The van der Waals surface area contributed by atoms with Crippen molar-refractivity contribution in [3.8, 4) is 17.1 Å². The molecule has 9 nitrogen and oxygen atoms in total. The van der Waals surface area contributed by atoms with Gasteiger partial charge in [-0.05, 0) is 51.5 Å². The number of nitrogens with one attached hydrogen (secondary N) is 2. The van der Waals surface area contributed by atoms with Gasteiger partial charge in [0.05, 0.1) is 19.0 Å². The van der Waals surface area contributed by atoms with Gasteiger partial charge in [-0.3, -0.25) is 14.7 Å². The Balaban J connectivity index is 1.33. The molecule has 4 rings (SSSR count). The Morgan fingerprint density at radius 2 is 1.95 bits per heavy atom. The molecule has 37 heavy (non-hydrogen) atoms. The summed E-state index contributed by atoms with van der Waals surface area (Å²) < 4.78 is 58.3. The largest absolute Gasteiger partial charge is 0.481 e. The molecule has 3 N–H and O–H groups in total. The van der Waals surface area contributed by atoms with Crippen LogP contribution in [-0.2, 0) is 4.79 Å². The van der Waals surface area contributed by atoms with Crippen molar-refractivity contribution in [1.29, 1.82) is 0 Å². The first-order valence-corrected chi connectivity index (χ1v) is 12.1. The number of carbonyl (C=O) groups is 2. The molecular formula is C24H29F4N5O4. The number of piperidine rings is 1. The summed E-state index contributed by atoms with van der Waals surface area (Å²) in [6.45, 7) is 2.11. The molecule has 0 spiro atoms. The molecule has 1 aliphatic carbocycles. The topological polar surface area (TPSA) is 120 Å². The molecule has 13 heteroatoms. The monoisotopic (exact) mass is 527 g/mol. The molecule has 3 heterocycles. The SMILES string of the molecule is COc1cc(-c2cc(C(=O)N3CC[C@H](C(=O)NC4CCC(O)(C(F)(F)F)CC4)C[C@@H]3C)[nH]n2)c(F)cn1. The molecule has 2 aromatic rings. The van der Waals surface area contributed by atoms with Crippen molar-refractivity contribution in [2.75, 3.05) is 13.7 Å². The molecule has 0 unspecified atom stereocenters. The summed E-state index contributed by atoms with van der Waals surface area (Å²) in [6, 6.07) is 2.10. The number of hydrogen-bond acceptors (Lipinski definition) is 6. The summed E-state index contributed by atoms with van der Waals surface area (Å²) in [7, 11) is 1.40. The average Bonchev–Trinajstić information content (AvgIpc) is 3.35. The number of carbonyl (C=O) groups excluding carboxylic acids is 2. The molecule has 2 amide bonds. The van der Waals surface area contributed by atoms with E-state index in [-0.39, 0.29) is 53.5 Å². The predicted octanol–water partition coefficient (Wildman–Crippen LogP) is 3.21. The number of rotatable bonds is 5. The first-order valence-electron chi connectivity index (χ1n) is 12.1. The van der Waals surface area contributed by atoms with Crippen LogP contribution in [0, 0.1) is 11.7 Å². The van der Waals surface area contributed by atoms with E-state index in [1.54, 1.807) is 4.90 Å². The third kappa shape index (κ3) is 5.55. The molecule has 202 valence electrons. The third-order valence-electron chi connectivity index (χ3n) is 7.32. The van der Waals surface area contributed by atoms with E-state index < -0.39 is 42.4 Å². The van der Waals surface area contributed by atoms with E-state index in [0.717, 1.165) is 6.20 Å². The average molecular weight is 528 g/mol. The number of halogens is 4. The number of H-pyrrole nitrogens is 1. The Morgan fingerprint density at radius 1 is 1.24 bits per heavy atom. The molecule has 0 bridgehead atoms. The summed E-state index contributed by atoms with van der Waals surface area (Å²) in [4.78, 5) is 31.3. The lowest BCUT2D eigenvalue weighted by Gasteiger charge is -2.39. The van der Waals surface area contributed by atoms with E-state index >= 15 is 0 Å². The maximum Gasteiger partial charge on any atom is 0.417 e. The molecule has 1 saturated heterocycles. The summed E-state index contributed by atoms with van der Waals surface area (Å²) in [6.07, 6.45) is -3.73. The number of ether oxygens (including phenoxy) is 1. The standard InChI is InChI=1S/C24H29F4N5O4/c1-13-9-14(21(34)30-15-3-6-23(36,7-4-15)24(26,27)28)5-8-33(13)22(35)19-11-18(31-32-19)16-10-20(37-2)29-12-17(16)25/h10-15,36H,3-9H2,1-2H3,(H,30,34)(H,31,32)/t13-,14-,15?,23?/m0/s1. The van der Waals surface area contributed by atoms with Gasteiger partial charge in [0, 0.05) is 36.2 Å². The van der Waals surface area contributed by atoms with Gasteiger partial charge in [-0.25, -0.2) is 9.37 Å². The fraction of sp³-hybridized carbons (Fsp3) is 0.583. The van der Waals surface area contributed by atoms with Crippen molar-refractivity contribution >= 4 is 11.8 Å². The van der Waals surface area contributed by atoms with Crippen molar-refractivity contribution in [2.24, 2.45) is 5.92 Å². The van der Waals surface area contributed by atoms with Crippen molar-refractivity contribution in [3.63, 3.8) is 0 Å². The number of nitrogens with zero attached hydrogens (tertiary/aromatic N) is 3. The molecule has 2 aliphatic rings. The second kappa shape index (κ2) is 10.3. The lowest BCUT2D eigenvalue weighted by molar-refractivity contribution is -0.270. The number of methoxy groups -OCH3 is 1. The molecule has 0 aromatic carbocycles. The van der Waals surface area contributed by atoms with Crippen LogP contribution in [0.2, 0.25) is 0 Å². The van der Waals surface area contributed by atoms with Gasteiger partial charge >= 0.3 is 6.18 Å². The Hall–Kier alpha value is -3.22. The zero-order valence-electron chi connectivity index (χ0n) is 20.4. The van der Waals surface area contributed by atoms with E-state index in [0.29, 0.717) is 19.4 Å². The smallest absolute Gasteiger partial charge is 0.417 e. The van der Waals surface area contributed by atoms with Crippen molar-refractivity contribution in [1.82, 2.24) is 25.4 Å². The zero-order valence-corrected chi connectivity index (χ0v) is 20.4. The quantitative estimate of drug-likeness (QED) is 0.514. The zero-order chi connectivity index (χ0) is 27.0. The fourth-order valence-electron chi connectivity index (χ4n) is 5.01. The first-order chi connectivity index (χ1) is 17.4. The molecule has 2 fully saturated rings.